The van der Waals surface area contributed by atoms with Crippen molar-refractivity contribution in [2.45, 2.75) is 12.6 Å². The van der Waals surface area contributed by atoms with Crippen LogP contribution in [0.25, 0.3) is 11.1 Å². The molecule has 0 saturated carbocycles. The van der Waals surface area contributed by atoms with E-state index >= 15 is 0 Å². The molecular formula is C37H36N8O2. The summed E-state index contributed by atoms with van der Waals surface area (Å²) in [5, 5.41) is 6.19. The summed E-state index contributed by atoms with van der Waals surface area (Å²) in [4.78, 5) is 42.2. The topological polar surface area (TPSA) is 120 Å². The maximum absolute atomic E-state index is 13.9. The summed E-state index contributed by atoms with van der Waals surface area (Å²) in [5.74, 6) is 0.290. The molecule has 10 nitrogen and oxygen atoms in total. The van der Waals surface area contributed by atoms with E-state index in [9.17, 15) is 9.59 Å². The Bertz CT molecular complexity index is 1890. The molecule has 2 amide bonds. The summed E-state index contributed by atoms with van der Waals surface area (Å²) in [6.07, 6.45) is 1.58. The van der Waals surface area contributed by atoms with Gasteiger partial charge in [0.05, 0.1) is 0 Å². The maximum Gasteiger partial charge on any atom is 0.255 e. The third-order valence-electron chi connectivity index (χ3n) is 8.78. The maximum atomic E-state index is 13.9. The first kappa shape index (κ1) is 29.9. The van der Waals surface area contributed by atoms with E-state index in [-0.39, 0.29) is 17.8 Å². The lowest BCUT2D eigenvalue weighted by Gasteiger charge is -2.34. The van der Waals surface area contributed by atoms with E-state index in [1.807, 2.05) is 54.6 Å². The summed E-state index contributed by atoms with van der Waals surface area (Å²) in [6, 6.07) is 32.2. The van der Waals surface area contributed by atoms with Crippen molar-refractivity contribution < 1.29 is 9.59 Å². The van der Waals surface area contributed by atoms with Crippen molar-refractivity contribution in [1.29, 1.82) is 0 Å². The van der Waals surface area contributed by atoms with Gasteiger partial charge in [-0.2, -0.15) is 4.98 Å². The number of nitrogens with zero attached hydrogens (tertiary/aromatic N) is 5. The number of nitrogen functional groups attached to an aromatic ring is 1. The van der Waals surface area contributed by atoms with Crippen molar-refractivity contribution in [1.82, 2.24) is 19.8 Å². The van der Waals surface area contributed by atoms with E-state index in [1.54, 1.807) is 29.3 Å². The van der Waals surface area contributed by atoms with Crippen molar-refractivity contribution in [3.63, 3.8) is 0 Å². The monoisotopic (exact) mass is 624 g/mol. The van der Waals surface area contributed by atoms with Crippen molar-refractivity contribution in [2.24, 2.45) is 0 Å². The lowest BCUT2D eigenvalue weighted by molar-refractivity contribution is -0.120. The van der Waals surface area contributed by atoms with Gasteiger partial charge in [-0.05, 0) is 83.9 Å². The van der Waals surface area contributed by atoms with Gasteiger partial charge in [-0.15, -0.1) is 0 Å². The molecular weight excluding hydrogens is 588 g/mol. The summed E-state index contributed by atoms with van der Waals surface area (Å²) in [7, 11) is 2.16. The van der Waals surface area contributed by atoms with Gasteiger partial charge < -0.3 is 31.1 Å². The Morgan fingerprint density at radius 1 is 0.830 bits per heavy atom. The number of likely N-dealkylation sites (N-methyl/N-ethyl adjacent to an activating group) is 1. The van der Waals surface area contributed by atoms with E-state index in [4.69, 9.17) is 5.73 Å². The van der Waals surface area contributed by atoms with Crippen LogP contribution in [0.5, 0.6) is 0 Å². The molecule has 2 aliphatic heterocycles. The Morgan fingerprint density at radius 2 is 1.53 bits per heavy atom. The average molecular weight is 625 g/mol. The Hall–Kier alpha value is -5.74. The minimum atomic E-state index is -0.816. The second-order valence-electron chi connectivity index (χ2n) is 11.9. The van der Waals surface area contributed by atoms with Gasteiger partial charge in [-0.25, -0.2) is 4.98 Å². The lowest BCUT2D eigenvalue weighted by atomic mass is 10.00. The van der Waals surface area contributed by atoms with E-state index in [0.717, 1.165) is 54.1 Å². The molecule has 10 heteroatoms. The molecule has 5 aromatic rings. The molecule has 0 spiro atoms. The Kier molecular flexibility index (Phi) is 8.24. The Labute approximate surface area is 273 Å². The number of anilines is 5. The molecule has 0 aliphatic carbocycles. The highest BCUT2D eigenvalue weighted by molar-refractivity contribution is 6.04. The first-order chi connectivity index (χ1) is 22.9. The number of nitrogens with two attached hydrogens (primary N) is 1. The molecule has 0 radical (unpaired) electrons. The Balaban J connectivity index is 1.08. The number of rotatable bonds is 8. The van der Waals surface area contributed by atoms with Crippen LogP contribution in [0.1, 0.15) is 27.5 Å². The lowest BCUT2D eigenvalue weighted by Crippen LogP contribution is -2.44. The van der Waals surface area contributed by atoms with Crippen molar-refractivity contribution in [3.8, 4) is 11.1 Å². The number of fused-ring (bicyclic) bond motifs is 1. The molecule has 1 saturated heterocycles. The number of carbonyl (C=O) groups is 2. The standard InChI is InChI=1S/C37H36N8O2/c1-43-19-21-44(22-20-43)31-14-7-25(8-15-31)27-9-16-32-28(23-27)24-45(36(32)47)34(26-5-3-2-4-6-26)35(46)41-30-12-10-29(11-13-30)40-33-17-18-39-37(38)42-33/h2-18,23,34H,19-22,24H2,1H3,(H,41,46)(H3,38,39,40,42). The predicted molar refractivity (Wildman–Crippen MR) is 185 cm³/mol. The van der Waals surface area contributed by atoms with Crippen LogP contribution < -0.4 is 21.3 Å². The van der Waals surface area contributed by atoms with Gasteiger partial charge >= 0.3 is 0 Å². The van der Waals surface area contributed by atoms with E-state index in [0.29, 0.717) is 23.6 Å². The molecule has 1 unspecified atom stereocenters. The highest BCUT2D eigenvalue weighted by Crippen LogP contribution is 2.35. The second kappa shape index (κ2) is 12.9. The second-order valence-corrected chi connectivity index (χ2v) is 11.9. The number of amides is 2. The molecule has 2 aliphatic rings. The molecule has 7 rings (SSSR count). The first-order valence-electron chi connectivity index (χ1n) is 15.7. The van der Waals surface area contributed by atoms with Gasteiger partial charge in [0.15, 0.2) is 0 Å². The number of benzene rings is 4. The summed E-state index contributed by atoms with van der Waals surface area (Å²) >= 11 is 0. The normalized spacial score (nSPS) is 15.3. The third kappa shape index (κ3) is 6.49. The van der Waals surface area contributed by atoms with Gasteiger partial charge in [-0.3, -0.25) is 9.59 Å². The van der Waals surface area contributed by atoms with Gasteiger partial charge in [-0.1, -0.05) is 48.5 Å². The zero-order valence-electron chi connectivity index (χ0n) is 26.1. The van der Waals surface area contributed by atoms with Gasteiger partial charge in [0.2, 0.25) is 5.95 Å². The van der Waals surface area contributed by atoms with E-state index in [1.165, 1.54) is 5.69 Å². The van der Waals surface area contributed by atoms with Crippen LogP contribution in [0.4, 0.5) is 28.8 Å². The molecule has 3 heterocycles. The van der Waals surface area contributed by atoms with Crippen LogP contribution >= 0.6 is 0 Å². The van der Waals surface area contributed by atoms with Crippen molar-refractivity contribution in [2.75, 3.05) is 54.5 Å². The molecule has 1 atom stereocenters. The summed E-state index contributed by atoms with van der Waals surface area (Å²) in [5.41, 5.74) is 12.7. The average Bonchev–Trinajstić information content (AvgIpc) is 3.41. The number of hydrogen-bond acceptors (Lipinski definition) is 8. The molecule has 4 N–H and O–H groups in total. The fourth-order valence-electron chi connectivity index (χ4n) is 6.21. The highest BCUT2D eigenvalue weighted by Gasteiger charge is 2.37. The van der Waals surface area contributed by atoms with Crippen LogP contribution in [0.15, 0.2) is 109 Å². The molecule has 236 valence electrons. The zero-order valence-corrected chi connectivity index (χ0v) is 26.1. The fraction of sp³-hybridized carbons (Fsp3) is 0.189. The van der Waals surface area contributed by atoms with Crippen molar-refractivity contribution in [3.05, 3.63) is 126 Å². The van der Waals surface area contributed by atoms with Crippen LogP contribution in [-0.2, 0) is 11.3 Å². The molecule has 0 bridgehead atoms. The van der Waals surface area contributed by atoms with Crippen LogP contribution in [-0.4, -0.2) is 64.8 Å². The molecule has 1 aromatic heterocycles. The number of piperazine rings is 1. The highest BCUT2D eigenvalue weighted by atomic mass is 16.2. The molecule has 4 aromatic carbocycles. The van der Waals surface area contributed by atoms with Crippen LogP contribution in [0.2, 0.25) is 0 Å². The molecule has 47 heavy (non-hydrogen) atoms. The summed E-state index contributed by atoms with van der Waals surface area (Å²) < 4.78 is 0. The number of carbonyl (C=O) groups excluding carboxylic acids is 2. The van der Waals surface area contributed by atoms with Gasteiger partial charge in [0, 0.05) is 61.5 Å². The van der Waals surface area contributed by atoms with Gasteiger partial charge in [0.1, 0.15) is 11.9 Å². The SMILES string of the molecule is CN1CCN(c2ccc(-c3ccc4c(c3)CN(C(C(=O)Nc3ccc(Nc5ccnc(N)n5)cc3)c3ccccc3)C4=O)cc2)CC1. The predicted octanol–water partition coefficient (Wildman–Crippen LogP) is 5.56. The number of hydrogen-bond donors (Lipinski definition) is 3. The van der Waals surface area contributed by atoms with Crippen LogP contribution in [0.3, 0.4) is 0 Å². The van der Waals surface area contributed by atoms with E-state index in [2.05, 4.69) is 67.8 Å². The van der Waals surface area contributed by atoms with E-state index < -0.39 is 6.04 Å². The summed E-state index contributed by atoms with van der Waals surface area (Å²) in [6.45, 7) is 4.49. The minimum Gasteiger partial charge on any atom is -0.369 e. The zero-order chi connectivity index (χ0) is 32.3. The Morgan fingerprint density at radius 3 is 2.26 bits per heavy atom. The fourth-order valence-corrected chi connectivity index (χ4v) is 6.21. The van der Waals surface area contributed by atoms with Crippen LogP contribution in [0, 0.1) is 0 Å². The minimum absolute atomic E-state index is 0.162. The smallest absolute Gasteiger partial charge is 0.255 e. The molecule has 1 fully saturated rings. The van der Waals surface area contributed by atoms with Crippen molar-refractivity contribution >= 4 is 40.6 Å². The van der Waals surface area contributed by atoms with Gasteiger partial charge in [0.25, 0.3) is 11.8 Å². The largest absolute Gasteiger partial charge is 0.369 e. The number of aromatic nitrogens is 2. The quantitative estimate of drug-likeness (QED) is 0.205. The third-order valence-corrected chi connectivity index (χ3v) is 8.78. The number of nitrogens with one attached hydrogen (secondary N) is 2. The first-order valence-corrected chi connectivity index (χ1v) is 15.7.